The van der Waals surface area contributed by atoms with E-state index in [1.54, 1.807) is 18.2 Å². The van der Waals surface area contributed by atoms with Crippen molar-refractivity contribution in [2.24, 2.45) is 11.8 Å². The summed E-state index contributed by atoms with van der Waals surface area (Å²) in [7, 11) is 2.84. The largest absolute Gasteiger partial charge is 0.497 e. The monoisotopic (exact) mass is 511 g/mol. The number of nitrogens with one attached hydrogen (secondary N) is 1. The van der Waals surface area contributed by atoms with Crippen molar-refractivity contribution in [3.63, 3.8) is 0 Å². The highest BCUT2D eigenvalue weighted by Crippen LogP contribution is 2.44. The lowest BCUT2D eigenvalue weighted by Gasteiger charge is -2.28. The molecule has 2 saturated carbocycles. The molecule has 2 aromatic carbocycles. The fourth-order valence-electron chi connectivity index (χ4n) is 5.05. The van der Waals surface area contributed by atoms with Crippen molar-refractivity contribution in [2.75, 3.05) is 14.2 Å². The minimum absolute atomic E-state index is 0.0111. The van der Waals surface area contributed by atoms with Gasteiger partial charge in [-0.15, -0.1) is 0 Å². The normalized spacial score (nSPS) is 21.4. The van der Waals surface area contributed by atoms with Crippen molar-refractivity contribution >= 4 is 23.8 Å². The number of hydrogen-bond acceptors (Lipinski definition) is 8. The number of carbonyl (C=O) groups excluding carboxylic acids is 3. The zero-order valence-electron chi connectivity index (χ0n) is 20.5. The zero-order valence-corrected chi connectivity index (χ0v) is 20.5. The maximum absolute atomic E-state index is 13.3. The van der Waals surface area contributed by atoms with Crippen LogP contribution in [0.1, 0.15) is 46.4 Å². The molecule has 2 bridgehead atoms. The van der Waals surface area contributed by atoms with E-state index >= 15 is 0 Å². The van der Waals surface area contributed by atoms with Gasteiger partial charge in [0.05, 0.1) is 25.3 Å². The SMILES string of the molecule is COc1cccc(C(=O)O[C@H](C(=O)O)[C@H](OC(=O)c2cccc(OC)c2)C(=O)N[C@H]2C[C@H]3CC[C@H]2C3)c1. The van der Waals surface area contributed by atoms with Gasteiger partial charge in [0.1, 0.15) is 11.5 Å². The van der Waals surface area contributed by atoms with Gasteiger partial charge in [0.25, 0.3) is 5.91 Å². The molecule has 1 amide bonds. The molecule has 2 aromatic rings. The van der Waals surface area contributed by atoms with Gasteiger partial charge in [-0.3, -0.25) is 4.79 Å². The molecule has 0 unspecified atom stereocenters. The van der Waals surface area contributed by atoms with Crippen LogP contribution >= 0.6 is 0 Å². The summed E-state index contributed by atoms with van der Waals surface area (Å²) in [6, 6.07) is 11.8. The Morgan fingerprint density at radius 2 is 1.41 bits per heavy atom. The second-order valence-electron chi connectivity index (χ2n) is 9.24. The lowest BCUT2D eigenvalue weighted by molar-refractivity contribution is -0.159. The third kappa shape index (κ3) is 6.02. The van der Waals surface area contributed by atoms with Crippen LogP contribution in [0.5, 0.6) is 11.5 Å². The standard InChI is InChI=1S/C27H29NO9/c1-34-19-7-3-5-17(13-19)26(32)36-22(24(29)28-21-12-15-9-10-16(21)11-15)23(25(30)31)37-27(33)18-6-4-8-20(14-18)35-2/h3-8,13-16,21-23H,9-12H2,1-2H3,(H,28,29)(H,30,31)/t15-,16-,21-,22-,23-/m0/s1. The van der Waals surface area contributed by atoms with Gasteiger partial charge in [0.15, 0.2) is 0 Å². The molecular weight excluding hydrogens is 482 g/mol. The summed E-state index contributed by atoms with van der Waals surface area (Å²) in [5, 5.41) is 12.8. The number of methoxy groups -OCH3 is 2. The average molecular weight is 512 g/mol. The molecule has 0 heterocycles. The molecule has 10 nitrogen and oxygen atoms in total. The first kappa shape index (κ1) is 26.0. The highest BCUT2D eigenvalue weighted by atomic mass is 16.6. The number of carboxylic acid groups (broad SMARTS) is 1. The van der Waals surface area contributed by atoms with Crippen LogP contribution in [-0.2, 0) is 19.1 Å². The van der Waals surface area contributed by atoms with Crippen molar-refractivity contribution in [3.05, 3.63) is 59.7 Å². The van der Waals surface area contributed by atoms with Crippen molar-refractivity contribution < 1.29 is 43.2 Å². The first-order valence-corrected chi connectivity index (χ1v) is 12.0. The van der Waals surface area contributed by atoms with Gasteiger partial charge in [-0.25, -0.2) is 14.4 Å². The summed E-state index contributed by atoms with van der Waals surface area (Å²) in [6.07, 6.45) is -0.185. The molecule has 2 fully saturated rings. The Labute approximate surface area is 213 Å². The number of benzene rings is 2. The summed E-state index contributed by atoms with van der Waals surface area (Å²) in [6.45, 7) is 0. The highest BCUT2D eigenvalue weighted by molar-refractivity contribution is 5.97. The van der Waals surface area contributed by atoms with Crippen molar-refractivity contribution in [3.8, 4) is 11.5 Å². The molecule has 0 radical (unpaired) electrons. The Kier molecular flexibility index (Phi) is 7.95. The molecule has 0 saturated heterocycles. The van der Waals surface area contributed by atoms with E-state index in [1.807, 2.05) is 0 Å². The number of amides is 1. The van der Waals surface area contributed by atoms with Gasteiger partial charge in [-0.2, -0.15) is 0 Å². The molecule has 2 aliphatic rings. The summed E-state index contributed by atoms with van der Waals surface area (Å²) in [4.78, 5) is 51.3. The van der Waals surface area contributed by atoms with Crippen LogP contribution in [0.2, 0.25) is 0 Å². The molecule has 10 heteroatoms. The third-order valence-corrected chi connectivity index (χ3v) is 6.92. The number of carbonyl (C=O) groups is 4. The molecule has 2 N–H and O–H groups in total. The molecule has 0 aliphatic heterocycles. The Hall–Kier alpha value is -4.08. The number of rotatable bonds is 10. The smallest absolute Gasteiger partial charge is 0.349 e. The van der Waals surface area contributed by atoms with Crippen molar-refractivity contribution in [2.45, 2.75) is 43.9 Å². The van der Waals surface area contributed by atoms with Crippen molar-refractivity contribution in [1.29, 1.82) is 0 Å². The van der Waals surface area contributed by atoms with Crippen LogP contribution in [0.3, 0.4) is 0 Å². The molecule has 2 aliphatic carbocycles. The second kappa shape index (κ2) is 11.3. The van der Waals surface area contributed by atoms with Gasteiger partial charge in [-0.1, -0.05) is 18.6 Å². The number of ether oxygens (including phenoxy) is 4. The molecule has 0 aromatic heterocycles. The summed E-state index contributed by atoms with van der Waals surface area (Å²) in [5.41, 5.74) is 0.0531. The third-order valence-electron chi connectivity index (χ3n) is 6.92. The van der Waals surface area contributed by atoms with Gasteiger partial charge in [0.2, 0.25) is 12.2 Å². The molecular formula is C27H29NO9. The molecule has 4 rings (SSSR count). The predicted octanol–water partition coefficient (Wildman–Crippen LogP) is 2.84. The highest BCUT2D eigenvalue weighted by Gasteiger charge is 2.45. The van der Waals surface area contributed by atoms with E-state index < -0.39 is 36.0 Å². The van der Waals surface area contributed by atoms with Crippen LogP contribution in [0, 0.1) is 11.8 Å². The number of aliphatic carboxylic acids is 1. The fraction of sp³-hybridized carbons (Fsp3) is 0.407. The van der Waals surface area contributed by atoms with Crippen molar-refractivity contribution in [1.82, 2.24) is 5.32 Å². The fourth-order valence-corrected chi connectivity index (χ4v) is 5.05. The topological polar surface area (TPSA) is 137 Å². The van der Waals surface area contributed by atoms with E-state index in [1.165, 1.54) is 44.6 Å². The first-order chi connectivity index (χ1) is 17.8. The first-order valence-electron chi connectivity index (χ1n) is 12.0. The molecule has 37 heavy (non-hydrogen) atoms. The minimum atomic E-state index is -2.09. The van der Waals surface area contributed by atoms with Gasteiger partial charge in [-0.05, 0) is 67.5 Å². The van der Waals surface area contributed by atoms with E-state index in [-0.39, 0.29) is 23.1 Å². The lowest BCUT2D eigenvalue weighted by Crippen LogP contribution is -2.53. The predicted molar refractivity (Wildman–Crippen MR) is 129 cm³/mol. The van der Waals surface area contributed by atoms with E-state index in [4.69, 9.17) is 18.9 Å². The maximum Gasteiger partial charge on any atom is 0.349 e. The number of fused-ring (bicyclic) bond motifs is 2. The van der Waals surface area contributed by atoms with Crippen LogP contribution in [0.15, 0.2) is 48.5 Å². The molecule has 5 atom stereocenters. The summed E-state index contributed by atoms with van der Waals surface area (Å²) in [5.74, 6) is -2.92. The second-order valence-corrected chi connectivity index (χ2v) is 9.24. The van der Waals surface area contributed by atoms with E-state index in [0.29, 0.717) is 17.4 Å². The Morgan fingerprint density at radius 3 is 1.86 bits per heavy atom. The number of hydrogen-bond donors (Lipinski definition) is 2. The van der Waals surface area contributed by atoms with Crippen LogP contribution in [-0.4, -0.2) is 61.4 Å². The lowest BCUT2D eigenvalue weighted by atomic mass is 9.95. The number of carboxylic acids is 1. The average Bonchev–Trinajstić information content (AvgIpc) is 3.53. The van der Waals surface area contributed by atoms with E-state index in [2.05, 4.69) is 5.32 Å². The summed E-state index contributed by atoms with van der Waals surface area (Å²) >= 11 is 0. The van der Waals surface area contributed by atoms with Crippen LogP contribution in [0.4, 0.5) is 0 Å². The van der Waals surface area contributed by atoms with Crippen LogP contribution in [0.25, 0.3) is 0 Å². The Bertz CT molecular complexity index is 1180. The van der Waals surface area contributed by atoms with Gasteiger partial charge < -0.3 is 29.4 Å². The summed E-state index contributed by atoms with van der Waals surface area (Å²) < 4.78 is 20.9. The van der Waals surface area contributed by atoms with Gasteiger partial charge >= 0.3 is 17.9 Å². The Balaban J connectivity index is 1.58. The minimum Gasteiger partial charge on any atom is -0.497 e. The van der Waals surface area contributed by atoms with E-state index in [9.17, 15) is 24.3 Å². The number of esters is 2. The Morgan fingerprint density at radius 1 is 0.838 bits per heavy atom. The zero-order chi connectivity index (χ0) is 26.5. The van der Waals surface area contributed by atoms with E-state index in [0.717, 1.165) is 25.7 Å². The van der Waals surface area contributed by atoms with Crippen LogP contribution < -0.4 is 14.8 Å². The quantitative estimate of drug-likeness (QED) is 0.461. The molecule has 196 valence electrons. The van der Waals surface area contributed by atoms with Gasteiger partial charge in [0, 0.05) is 6.04 Å². The molecule has 0 spiro atoms. The maximum atomic E-state index is 13.3.